The van der Waals surface area contributed by atoms with Crippen LogP contribution in [0.4, 0.5) is 0 Å². The number of primary amides is 1. The second-order valence-electron chi connectivity index (χ2n) is 10.5. The number of amides is 6. The summed E-state index contributed by atoms with van der Waals surface area (Å²) in [4.78, 5) is 86.7. The maximum atomic E-state index is 13.6. The Labute approximate surface area is 253 Å². The molecule has 0 unspecified atom stereocenters. The molecule has 6 amide bonds. The van der Waals surface area contributed by atoms with Gasteiger partial charge in [-0.15, -0.1) is 0 Å². The van der Waals surface area contributed by atoms with Crippen LogP contribution in [0.1, 0.15) is 45.6 Å². The van der Waals surface area contributed by atoms with Gasteiger partial charge in [-0.25, -0.2) is 5.48 Å². The number of hydrogen-bond donors (Lipinski definition) is 8. The van der Waals surface area contributed by atoms with Gasteiger partial charge in [-0.1, -0.05) is 56.3 Å². The first kappa shape index (κ1) is 35.1. The van der Waals surface area contributed by atoms with Crippen LogP contribution in [-0.4, -0.2) is 75.9 Å². The minimum Gasteiger partial charge on any atom is -0.481 e. The van der Waals surface area contributed by atoms with Crippen molar-refractivity contribution in [2.24, 2.45) is 11.7 Å². The van der Waals surface area contributed by atoms with E-state index >= 15 is 0 Å². The van der Waals surface area contributed by atoms with Gasteiger partial charge in [0.15, 0.2) is 0 Å². The summed E-state index contributed by atoms with van der Waals surface area (Å²) >= 11 is 0. The summed E-state index contributed by atoms with van der Waals surface area (Å²) in [6.07, 6.45) is -1.52. The summed E-state index contributed by atoms with van der Waals surface area (Å²) in [5.41, 5.74) is 7.23. The van der Waals surface area contributed by atoms with Crippen LogP contribution < -0.4 is 32.5 Å². The van der Waals surface area contributed by atoms with Crippen LogP contribution in [0.2, 0.25) is 0 Å². The Bertz CT molecular complexity index is 1400. The largest absolute Gasteiger partial charge is 0.481 e. The molecule has 0 aliphatic heterocycles. The Morgan fingerprint density at radius 1 is 0.750 bits per heavy atom. The highest BCUT2D eigenvalue weighted by atomic mass is 16.5. The van der Waals surface area contributed by atoms with Gasteiger partial charge in [-0.3, -0.25) is 38.8 Å². The molecule has 0 aliphatic rings. The van der Waals surface area contributed by atoms with Crippen LogP contribution in [0.5, 0.6) is 0 Å². The lowest BCUT2D eigenvalue weighted by Gasteiger charge is -2.26. The van der Waals surface area contributed by atoms with Crippen molar-refractivity contribution >= 4 is 52.2 Å². The molecule has 4 atom stereocenters. The van der Waals surface area contributed by atoms with E-state index in [0.29, 0.717) is 5.56 Å². The van der Waals surface area contributed by atoms with E-state index in [4.69, 9.17) is 10.9 Å². The van der Waals surface area contributed by atoms with E-state index in [1.54, 1.807) is 26.0 Å². The molecule has 44 heavy (non-hydrogen) atoms. The van der Waals surface area contributed by atoms with Crippen LogP contribution in [-0.2, 0) is 40.0 Å². The van der Waals surface area contributed by atoms with Gasteiger partial charge in [0.2, 0.25) is 35.4 Å². The molecule has 2 aromatic rings. The predicted octanol–water partition coefficient (Wildman–Crippen LogP) is -0.757. The number of carbonyl (C=O) groups excluding carboxylic acids is 6. The molecule has 0 saturated heterocycles. The normalized spacial score (nSPS) is 13.6. The monoisotopic (exact) mass is 614 g/mol. The van der Waals surface area contributed by atoms with E-state index in [1.165, 1.54) is 12.4 Å². The second-order valence-corrected chi connectivity index (χ2v) is 10.5. The standard InChI is InChI=1S/C29H38N6O9/c1-15(2)26(40)32-20(10-11-23(36)35-44)27(41)33-21(13-17-8-9-18-6-4-5-7-19(18)12-17)29(43)34-22(14-24(37)38)28(42)31-16(3)25(30)39/h4-9,12,15-16,20-22,44H,10-11,13-14H2,1-3H3,(H2,30,39)(H,31,42)(H,32,40)(H,33,41)(H,34,43)(H,35,36)(H,37,38)/t16-,20+,21-,22-/m0/s1. The highest BCUT2D eigenvalue weighted by molar-refractivity contribution is 5.97. The van der Waals surface area contributed by atoms with Crippen LogP contribution in [0.25, 0.3) is 10.8 Å². The smallest absolute Gasteiger partial charge is 0.305 e. The molecule has 0 aromatic heterocycles. The zero-order chi connectivity index (χ0) is 33.0. The number of nitrogens with one attached hydrogen (secondary N) is 5. The number of carboxylic acid groups (broad SMARTS) is 1. The number of carboxylic acids is 1. The number of benzene rings is 2. The number of nitrogens with two attached hydrogens (primary N) is 1. The van der Waals surface area contributed by atoms with Crippen LogP contribution >= 0.6 is 0 Å². The SMILES string of the molecule is CC(C)C(=O)N[C@H](CCC(=O)NO)C(=O)N[C@@H](Cc1ccc2ccccc2c1)C(=O)N[C@@H](CC(=O)O)C(=O)N[C@@H](C)C(N)=O. The quantitative estimate of drug-likeness (QED) is 0.0873. The third kappa shape index (κ3) is 11.0. The molecule has 0 bridgehead atoms. The Balaban J connectivity index is 2.41. The molecule has 9 N–H and O–H groups in total. The van der Waals surface area contributed by atoms with Gasteiger partial charge in [-0.05, 0) is 29.7 Å². The third-order valence-corrected chi connectivity index (χ3v) is 6.63. The fraction of sp³-hybridized carbons (Fsp3) is 0.414. The molecule has 0 saturated carbocycles. The topological polar surface area (TPSA) is 246 Å². The maximum Gasteiger partial charge on any atom is 0.305 e. The van der Waals surface area contributed by atoms with Crippen molar-refractivity contribution in [3.63, 3.8) is 0 Å². The van der Waals surface area contributed by atoms with Crippen molar-refractivity contribution < 1.29 is 43.9 Å². The molecule has 2 rings (SSSR count). The average Bonchev–Trinajstić information content (AvgIpc) is 2.97. The number of hydrogen-bond acceptors (Lipinski definition) is 8. The Kier molecular flexibility index (Phi) is 13.2. The van der Waals surface area contributed by atoms with E-state index in [-0.39, 0.29) is 19.3 Å². The number of fused-ring (bicyclic) bond motifs is 1. The van der Waals surface area contributed by atoms with Gasteiger partial charge in [0.05, 0.1) is 6.42 Å². The molecular weight excluding hydrogens is 576 g/mol. The molecule has 0 aliphatic carbocycles. The molecule has 15 heteroatoms. The summed E-state index contributed by atoms with van der Waals surface area (Å²) in [6, 6.07) is 7.28. The van der Waals surface area contributed by atoms with Crippen molar-refractivity contribution in [3.8, 4) is 0 Å². The highest BCUT2D eigenvalue weighted by Crippen LogP contribution is 2.17. The number of carbonyl (C=O) groups is 7. The number of rotatable bonds is 16. The van der Waals surface area contributed by atoms with E-state index in [0.717, 1.165) is 10.8 Å². The van der Waals surface area contributed by atoms with Crippen molar-refractivity contribution in [2.45, 2.75) is 70.6 Å². The molecule has 0 fully saturated rings. The van der Waals surface area contributed by atoms with Gasteiger partial charge < -0.3 is 32.1 Å². The van der Waals surface area contributed by atoms with Crippen LogP contribution in [0, 0.1) is 5.92 Å². The van der Waals surface area contributed by atoms with Crippen LogP contribution in [0.3, 0.4) is 0 Å². The molecule has 0 spiro atoms. The summed E-state index contributed by atoms with van der Waals surface area (Å²) in [5.74, 6) is -6.90. The second kappa shape index (κ2) is 16.6. The van der Waals surface area contributed by atoms with Crippen molar-refractivity contribution in [1.29, 1.82) is 0 Å². The van der Waals surface area contributed by atoms with Gasteiger partial charge in [-0.2, -0.15) is 0 Å². The summed E-state index contributed by atoms with van der Waals surface area (Å²) in [6.45, 7) is 4.46. The lowest BCUT2D eigenvalue weighted by Crippen LogP contribution is -2.58. The summed E-state index contributed by atoms with van der Waals surface area (Å²) in [5, 5.41) is 29.6. The minimum absolute atomic E-state index is 0.108. The molecule has 15 nitrogen and oxygen atoms in total. The summed E-state index contributed by atoms with van der Waals surface area (Å²) in [7, 11) is 0. The molecule has 238 valence electrons. The van der Waals surface area contributed by atoms with Gasteiger partial charge in [0.1, 0.15) is 24.2 Å². The van der Waals surface area contributed by atoms with Gasteiger partial charge in [0, 0.05) is 18.8 Å². The summed E-state index contributed by atoms with van der Waals surface area (Å²) < 4.78 is 0. The Morgan fingerprint density at radius 3 is 1.91 bits per heavy atom. The van der Waals surface area contributed by atoms with Crippen molar-refractivity contribution in [3.05, 3.63) is 48.0 Å². The lowest BCUT2D eigenvalue weighted by atomic mass is 10.00. The number of aliphatic carboxylic acids is 1. The lowest BCUT2D eigenvalue weighted by molar-refractivity contribution is -0.141. The van der Waals surface area contributed by atoms with Crippen molar-refractivity contribution in [2.75, 3.05) is 0 Å². The van der Waals surface area contributed by atoms with E-state index in [9.17, 15) is 38.7 Å². The third-order valence-electron chi connectivity index (χ3n) is 6.63. The highest BCUT2D eigenvalue weighted by Gasteiger charge is 2.32. The zero-order valence-electron chi connectivity index (χ0n) is 24.6. The van der Waals surface area contributed by atoms with E-state index in [1.807, 2.05) is 30.3 Å². The fourth-order valence-electron chi connectivity index (χ4n) is 4.06. The van der Waals surface area contributed by atoms with E-state index < -0.39 is 77.9 Å². The molecule has 2 aromatic carbocycles. The first-order valence-corrected chi connectivity index (χ1v) is 13.8. The number of hydroxylamine groups is 1. The Morgan fingerprint density at radius 2 is 1.32 bits per heavy atom. The molecule has 0 heterocycles. The fourth-order valence-corrected chi connectivity index (χ4v) is 4.06. The molecule has 0 radical (unpaired) electrons. The van der Waals surface area contributed by atoms with Gasteiger partial charge in [0.25, 0.3) is 0 Å². The maximum absolute atomic E-state index is 13.6. The zero-order valence-corrected chi connectivity index (χ0v) is 24.6. The van der Waals surface area contributed by atoms with E-state index in [2.05, 4.69) is 21.3 Å². The first-order chi connectivity index (χ1) is 20.7. The van der Waals surface area contributed by atoms with Gasteiger partial charge >= 0.3 is 5.97 Å². The van der Waals surface area contributed by atoms with Crippen molar-refractivity contribution in [1.82, 2.24) is 26.7 Å². The first-order valence-electron chi connectivity index (χ1n) is 13.8. The van der Waals surface area contributed by atoms with Crippen LogP contribution in [0.15, 0.2) is 42.5 Å². The molecular formula is C29H38N6O9. The average molecular weight is 615 g/mol. The minimum atomic E-state index is -1.64. The predicted molar refractivity (Wildman–Crippen MR) is 156 cm³/mol. The Hall–Kier alpha value is -5.05.